The van der Waals surface area contributed by atoms with Gasteiger partial charge in [0, 0.05) is 40.5 Å². The molecule has 0 radical (unpaired) electrons. The fourth-order valence-electron chi connectivity index (χ4n) is 2.08. The van der Waals surface area contributed by atoms with Crippen molar-refractivity contribution in [3.8, 4) is 0 Å². The first-order valence-corrected chi connectivity index (χ1v) is 7.31. The first-order chi connectivity index (χ1) is 9.86. The highest BCUT2D eigenvalue weighted by Gasteiger charge is 2.24. The number of aromatic nitrogens is 2. The monoisotopic (exact) mass is 295 g/mol. The van der Waals surface area contributed by atoms with Gasteiger partial charge in [-0.05, 0) is 17.4 Å². The molecule has 1 atom stereocenters. The molecule has 0 saturated heterocycles. The maximum absolute atomic E-state index is 5.53. The Morgan fingerprint density at radius 3 is 2.62 bits per heavy atom. The summed E-state index contributed by atoms with van der Waals surface area (Å²) >= 11 is 0. The van der Waals surface area contributed by atoms with Crippen molar-refractivity contribution in [1.29, 1.82) is 0 Å². The van der Waals surface area contributed by atoms with Crippen LogP contribution in [0.4, 0.5) is 0 Å². The lowest BCUT2D eigenvalue weighted by atomic mass is 9.89. The normalized spacial score (nSPS) is 14.1. The molecule has 2 N–H and O–H groups in total. The highest BCUT2D eigenvalue weighted by atomic mass is 16.5. The van der Waals surface area contributed by atoms with Gasteiger partial charge in [0.1, 0.15) is 0 Å². The van der Waals surface area contributed by atoms with Crippen LogP contribution >= 0.6 is 0 Å². The fourth-order valence-corrected chi connectivity index (χ4v) is 2.08. The molecule has 6 heteroatoms. The minimum Gasteiger partial charge on any atom is -0.379 e. The number of hydrogen-bond acceptors (Lipinski definition) is 3. The zero-order valence-electron chi connectivity index (χ0n) is 14.1. The number of ether oxygens (including phenoxy) is 1. The highest BCUT2D eigenvalue weighted by molar-refractivity contribution is 5.79. The molecular weight excluding hydrogens is 266 g/mol. The second-order valence-corrected chi connectivity index (χ2v) is 6.24. The second-order valence-electron chi connectivity index (χ2n) is 6.24. The van der Waals surface area contributed by atoms with Crippen LogP contribution in [0.3, 0.4) is 0 Å². The minimum absolute atomic E-state index is 0.0936. The van der Waals surface area contributed by atoms with Crippen LogP contribution < -0.4 is 10.6 Å². The first-order valence-electron chi connectivity index (χ1n) is 7.31. The molecule has 1 aromatic heterocycles. The fraction of sp³-hybridized carbons (Fsp3) is 0.733. The summed E-state index contributed by atoms with van der Waals surface area (Å²) in [6.45, 7) is 8.05. The molecule has 1 heterocycles. The van der Waals surface area contributed by atoms with Crippen molar-refractivity contribution < 1.29 is 4.74 Å². The van der Waals surface area contributed by atoms with Gasteiger partial charge in [-0.15, -0.1) is 0 Å². The minimum atomic E-state index is 0.0936. The Balaban J connectivity index is 2.35. The Hall–Kier alpha value is -1.56. The van der Waals surface area contributed by atoms with Gasteiger partial charge in [0.25, 0.3) is 0 Å². The number of guanidine groups is 1. The molecule has 0 aromatic carbocycles. The van der Waals surface area contributed by atoms with Crippen LogP contribution in [0.5, 0.6) is 0 Å². The zero-order valence-corrected chi connectivity index (χ0v) is 14.1. The van der Waals surface area contributed by atoms with Crippen molar-refractivity contribution >= 4 is 5.96 Å². The molecule has 1 rings (SSSR count). The summed E-state index contributed by atoms with van der Waals surface area (Å²) < 4.78 is 7.34. The van der Waals surface area contributed by atoms with Crippen LogP contribution in [0.15, 0.2) is 17.4 Å². The predicted octanol–water partition coefficient (Wildman–Crippen LogP) is 1.19. The maximum Gasteiger partial charge on any atom is 0.191 e. The van der Waals surface area contributed by atoms with E-state index in [0.29, 0.717) is 0 Å². The third-order valence-electron chi connectivity index (χ3n) is 3.39. The summed E-state index contributed by atoms with van der Waals surface area (Å²) in [6.07, 6.45) is 4.97. The third-order valence-corrected chi connectivity index (χ3v) is 3.39. The van der Waals surface area contributed by atoms with E-state index in [1.165, 1.54) is 5.56 Å². The van der Waals surface area contributed by atoms with E-state index in [0.717, 1.165) is 25.5 Å². The zero-order chi connectivity index (χ0) is 15.9. The van der Waals surface area contributed by atoms with Gasteiger partial charge in [0.2, 0.25) is 0 Å². The number of methoxy groups -OCH3 is 1. The van der Waals surface area contributed by atoms with Gasteiger partial charge in [-0.25, -0.2) is 0 Å². The van der Waals surface area contributed by atoms with Crippen molar-refractivity contribution in [3.63, 3.8) is 0 Å². The van der Waals surface area contributed by atoms with E-state index in [2.05, 4.69) is 41.5 Å². The van der Waals surface area contributed by atoms with Gasteiger partial charge >= 0.3 is 0 Å². The van der Waals surface area contributed by atoms with Crippen molar-refractivity contribution in [2.45, 2.75) is 33.3 Å². The molecule has 120 valence electrons. The highest BCUT2D eigenvalue weighted by Crippen LogP contribution is 2.20. The van der Waals surface area contributed by atoms with Crippen LogP contribution in [0, 0.1) is 5.41 Å². The lowest BCUT2D eigenvalue weighted by Crippen LogP contribution is -2.45. The van der Waals surface area contributed by atoms with Gasteiger partial charge in [-0.3, -0.25) is 9.67 Å². The van der Waals surface area contributed by atoms with E-state index >= 15 is 0 Å². The van der Waals surface area contributed by atoms with Gasteiger partial charge in [-0.1, -0.05) is 20.8 Å². The Bertz CT molecular complexity index is 447. The van der Waals surface area contributed by atoms with E-state index in [1.54, 1.807) is 14.2 Å². The Kier molecular flexibility index (Phi) is 6.68. The van der Waals surface area contributed by atoms with Gasteiger partial charge in [0.15, 0.2) is 5.96 Å². The molecule has 0 saturated carbocycles. The van der Waals surface area contributed by atoms with Crippen LogP contribution in [-0.2, 0) is 18.2 Å². The molecule has 0 aliphatic heterocycles. The van der Waals surface area contributed by atoms with Crippen molar-refractivity contribution in [1.82, 2.24) is 20.4 Å². The summed E-state index contributed by atoms with van der Waals surface area (Å²) in [5.74, 6) is 0.796. The van der Waals surface area contributed by atoms with Crippen LogP contribution in [0.25, 0.3) is 0 Å². The molecule has 0 aliphatic rings. The number of aliphatic imine (C=N–C) groups is 1. The SMILES string of the molecule is CN=C(NCCc1cnn(C)c1)NCC(OC)C(C)(C)C. The quantitative estimate of drug-likeness (QED) is 0.611. The molecule has 0 bridgehead atoms. The van der Waals surface area contributed by atoms with Gasteiger partial charge < -0.3 is 15.4 Å². The topological polar surface area (TPSA) is 63.5 Å². The number of nitrogens with zero attached hydrogens (tertiary/aromatic N) is 3. The molecular formula is C15H29N5O. The van der Waals surface area contributed by atoms with E-state index in [9.17, 15) is 0 Å². The third kappa shape index (κ3) is 6.16. The summed E-state index contributed by atoms with van der Waals surface area (Å²) in [5, 5.41) is 10.8. The number of nitrogens with one attached hydrogen (secondary N) is 2. The lowest BCUT2D eigenvalue weighted by Gasteiger charge is -2.30. The first kappa shape index (κ1) is 17.5. The average molecular weight is 295 g/mol. The van der Waals surface area contributed by atoms with Gasteiger partial charge in [-0.2, -0.15) is 5.10 Å². The van der Waals surface area contributed by atoms with Gasteiger partial charge in [0.05, 0.1) is 12.3 Å². The Labute approximate surface area is 128 Å². The standard InChI is InChI=1S/C15H29N5O/c1-15(2,3)13(21-6)10-18-14(16-4)17-8-7-12-9-19-20(5)11-12/h9,11,13H,7-8,10H2,1-6H3,(H2,16,17,18). The number of aryl methyl sites for hydroxylation is 1. The van der Waals surface area contributed by atoms with Crippen LogP contribution in [0.1, 0.15) is 26.3 Å². The molecule has 1 unspecified atom stereocenters. The lowest BCUT2D eigenvalue weighted by molar-refractivity contribution is 0.0205. The maximum atomic E-state index is 5.53. The summed E-state index contributed by atoms with van der Waals surface area (Å²) in [6, 6.07) is 0. The molecule has 0 aliphatic carbocycles. The smallest absolute Gasteiger partial charge is 0.191 e. The Morgan fingerprint density at radius 1 is 1.43 bits per heavy atom. The largest absolute Gasteiger partial charge is 0.379 e. The molecule has 1 aromatic rings. The molecule has 0 spiro atoms. The average Bonchev–Trinajstić information content (AvgIpc) is 2.81. The molecule has 0 amide bonds. The second kappa shape index (κ2) is 8.02. The predicted molar refractivity (Wildman–Crippen MR) is 86.5 cm³/mol. The van der Waals surface area contributed by atoms with E-state index < -0.39 is 0 Å². The van der Waals surface area contributed by atoms with E-state index in [-0.39, 0.29) is 11.5 Å². The summed E-state index contributed by atoms with van der Waals surface area (Å²) in [7, 11) is 5.45. The number of hydrogen-bond donors (Lipinski definition) is 2. The molecule has 0 fully saturated rings. The molecule has 21 heavy (non-hydrogen) atoms. The van der Waals surface area contributed by atoms with Crippen LogP contribution in [0.2, 0.25) is 0 Å². The Morgan fingerprint density at radius 2 is 2.14 bits per heavy atom. The van der Waals surface area contributed by atoms with Crippen molar-refractivity contribution in [3.05, 3.63) is 18.0 Å². The summed E-state index contributed by atoms with van der Waals surface area (Å²) in [5.41, 5.74) is 1.31. The van der Waals surface area contributed by atoms with E-state index in [4.69, 9.17) is 4.74 Å². The number of rotatable bonds is 6. The van der Waals surface area contributed by atoms with E-state index in [1.807, 2.05) is 24.1 Å². The van der Waals surface area contributed by atoms with Crippen molar-refractivity contribution in [2.24, 2.45) is 17.5 Å². The summed E-state index contributed by atoms with van der Waals surface area (Å²) in [4.78, 5) is 4.23. The van der Waals surface area contributed by atoms with Crippen LogP contribution in [-0.4, -0.2) is 49.1 Å². The molecule has 6 nitrogen and oxygen atoms in total. The van der Waals surface area contributed by atoms with Crippen molar-refractivity contribution in [2.75, 3.05) is 27.2 Å².